The van der Waals surface area contributed by atoms with Crippen LogP contribution < -0.4 is 14.9 Å². The number of hydrogen-bond donors (Lipinski definition) is 1. The fourth-order valence-corrected chi connectivity index (χ4v) is 3.48. The Morgan fingerprint density at radius 2 is 2.11 bits per heavy atom. The van der Waals surface area contributed by atoms with Crippen molar-refractivity contribution in [3.63, 3.8) is 0 Å². The molecule has 0 saturated carbocycles. The van der Waals surface area contributed by atoms with Gasteiger partial charge in [-0.25, -0.2) is 0 Å². The van der Waals surface area contributed by atoms with Gasteiger partial charge in [0.1, 0.15) is 11.5 Å². The Bertz CT molecular complexity index is 931. The number of rotatable bonds is 5. The Morgan fingerprint density at radius 3 is 2.78 bits per heavy atom. The van der Waals surface area contributed by atoms with Crippen molar-refractivity contribution < 1.29 is 19.1 Å². The van der Waals surface area contributed by atoms with Crippen LogP contribution in [-0.2, 0) is 4.79 Å². The van der Waals surface area contributed by atoms with Gasteiger partial charge in [0.25, 0.3) is 11.8 Å². The van der Waals surface area contributed by atoms with Gasteiger partial charge >= 0.3 is 0 Å². The molecule has 2 aromatic rings. The normalized spacial score (nSPS) is 15.2. The van der Waals surface area contributed by atoms with Gasteiger partial charge < -0.3 is 9.47 Å². The number of methoxy groups -OCH3 is 2. The van der Waals surface area contributed by atoms with E-state index in [0.717, 1.165) is 16.8 Å². The molecule has 0 spiro atoms. The summed E-state index contributed by atoms with van der Waals surface area (Å²) in [6.45, 7) is 0. The summed E-state index contributed by atoms with van der Waals surface area (Å²) in [5.41, 5.74) is 3.53. The Kier molecular flexibility index (Phi) is 5.72. The van der Waals surface area contributed by atoms with Crippen molar-refractivity contribution in [2.24, 2.45) is 0 Å². The number of hydrazine groups is 1. The van der Waals surface area contributed by atoms with E-state index in [-0.39, 0.29) is 4.32 Å². The van der Waals surface area contributed by atoms with Crippen LogP contribution in [0.4, 0.5) is 0 Å². The number of hydrogen-bond acceptors (Lipinski definition) is 7. The molecule has 9 heteroatoms. The summed E-state index contributed by atoms with van der Waals surface area (Å²) in [7, 11) is 3.09. The molecular weight excluding hydrogens is 386 g/mol. The molecule has 1 saturated heterocycles. The number of carbonyl (C=O) groups excluding carboxylic acids is 2. The summed E-state index contributed by atoms with van der Waals surface area (Å²) in [4.78, 5) is 29.2. The fraction of sp³-hybridized carbons (Fsp3) is 0.111. The maximum absolute atomic E-state index is 12.7. The van der Waals surface area contributed by atoms with Gasteiger partial charge in [-0.15, -0.1) is 0 Å². The molecule has 3 rings (SSSR count). The van der Waals surface area contributed by atoms with Crippen LogP contribution in [0.25, 0.3) is 6.08 Å². The molecule has 138 valence electrons. The molecule has 0 radical (unpaired) electrons. The SMILES string of the molecule is COc1ccc(/C=C2\SC(=S)N(NC(=O)c3cccnc3)C2=O)c(OC)c1. The van der Waals surface area contributed by atoms with E-state index >= 15 is 0 Å². The third-order valence-electron chi connectivity index (χ3n) is 3.66. The van der Waals surface area contributed by atoms with E-state index in [4.69, 9.17) is 21.7 Å². The predicted octanol–water partition coefficient (Wildman–Crippen LogP) is 2.65. The Balaban J connectivity index is 1.82. The summed E-state index contributed by atoms with van der Waals surface area (Å²) in [5.74, 6) is 0.307. The second-order valence-corrected chi connectivity index (χ2v) is 6.98. The molecule has 0 bridgehead atoms. The van der Waals surface area contributed by atoms with Crippen molar-refractivity contribution in [1.82, 2.24) is 15.4 Å². The smallest absolute Gasteiger partial charge is 0.285 e. The van der Waals surface area contributed by atoms with E-state index in [2.05, 4.69) is 10.4 Å². The average Bonchev–Trinajstić information content (AvgIpc) is 2.96. The van der Waals surface area contributed by atoms with Gasteiger partial charge in [0, 0.05) is 24.0 Å². The molecule has 1 N–H and O–H groups in total. The Morgan fingerprint density at radius 1 is 1.30 bits per heavy atom. The van der Waals surface area contributed by atoms with Crippen LogP contribution in [0.2, 0.25) is 0 Å². The third kappa shape index (κ3) is 4.09. The number of carbonyl (C=O) groups is 2. The number of nitrogens with zero attached hydrogens (tertiary/aromatic N) is 2. The van der Waals surface area contributed by atoms with E-state index < -0.39 is 11.8 Å². The van der Waals surface area contributed by atoms with E-state index in [0.29, 0.717) is 27.5 Å². The van der Waals surface area contributed by atoms with E-state index in [1.165, 1.54) is 13.3 Å². The maximum Gasteiger partial charge on any atom is 0.285 e. The quantitative estimate of drug-likeness (QED) is 0.609. The van der Waals surface area contributed by atoms with Crippen LogP contribution >= 0.6 is 24.0 Å². The highest BCUT2D eigenvalue weighted by Gasteiger charge is 2.34. The molecule has 1 aromatic carbocycles. The number of ether oxygens (including phenoxy) is 2. The lowest BCUT2D eigenvalue weighted by Gasteiger charge is -2.15. The summed E-state index contributed by atoms with van der Waals surface area (Å²) in [6, 6.07) is 8.49. The molecule has 1 aromatic heterocycles. The minimum absolute atomic E-state index is 0.232. The topological polar surface area (TPSA) is 80.8 Å². The lowest BCUT2D eigenvalue weighted by atomic mass is 10.1. The van der Waals surface area contributed by atoms with Crippen molar-refractivity contribution in [2.45, 2.75) is 0 Å². The number of nitrogens with one attached hydrogen (secondary N) is 1. The monoisotopic (exact) mass is 401 g/mol. The molecule has 7 nitrogen and oxygen atoms in total. The maximum atomic E-state index is 12.7. The number of pyridine rings is 1. The Labute approximate surface area is 165 Å². The lowest BCUT2D eigenvalue weighted by molar-refractivity contribution is -0.123. The summed E-state index contributed by atoms with van der Waals surface area (Å²) >= 11 is 6.32. The number of thioether (sulfide) groups is 1. The number of amides is 2. The minimum Gasteiger partial charge on any atom is -0.497 e. The molecule has 0 unspecified atom stereocenters. The first-order valence-electron chi connectivity index (χ1n) is 7.74. The zero-order valence-electron chi connectivity index (χ0n) is 14.5. The first kappa shape index (κ1) is 18.9. The first-order chi connectivity index (χ1) is 13.0. The fourth-order valence-electron chi connectivity index (χ4n) is 2.31. The van der Waals surface area contributed by atoms with Crippen molar-refractivity contribution in [3.8, 4) is 11.5 Å². The van der Waals surface area contributed by atoms with Crippen LogP contribution in [0.5, 0.6) is 11.5 Å². The molecule has 1 aliphatic rings. The lowest BCUT2D eigenvalue weighted by Crippen LogP contribution is -2.44. The Hall–Kier alpha value is -2.91. The molecule has 1 fully saturated rings. The van der Waals surface area contributed by atoms with Gasteiger partial charge in [-0.05, 0) is 42.6 Å². The third-order valence-corrected chi connectivity index (χ3v) is 4.96. The van der Waals surface area contributed by atoms with Gasteiger partial charge in [-0.2, -0.15) is 5.01 Å². The molecule has 0 atom stereocenters. The van der Waals surface area contributed by atoms with Crippen molar-refractivity contribution in [3.05, 3.63) is 58.8 Å². The zero-order valence-corrected chi connectivity index (χ0v) is 16.1. The van der Waals surface area contributed by atoms with Crippen LogP contribution in [0, 0.1) is 0 Å². The standard InChI is InChI=1S/C18H15N3O4S2/c1-24-13-6-5-11(14(9-13)25-2)8-15-17(23)21(18(26)27-15)20-16(22)12-4-3-7-19-10-12/h3-10H,1-2H3,(H,20,22)/b15-8-. The summed E-state index contributed by atoms with van der Waals surface area (Å²) in [5, 5.41) is 1.05. The van der Waals surface area contributed by atoms with Gasteiger partial charge in [-0.3, -0.25) is 20.0 Å². The highest BCUT2D eigenvalue weighted by molar-refractivity contribution is 8.26. The first-order valence-corrected chi connectivity index (χ1v) is 8.97. The zero-order chi connectivity index (χ0) is 19.4. The summed E-state index contributed by atoms with van der Waals surface area (Å²) < 4.78 is 10.7. The average molecular weight is 401 g/mol. The van der Waals surface area contributed by atoms with Crippen molar-refractivity contribution >= 4 is 46.2 Å². The van der Waals surface area contributed by atoms with Gasteiger partial charge in [0.15, 0.2) is 4.32 Å². The number of benzene rings is 1. The van der Waals surface area contributed by atoms with Crippen LogP contribution in [-0.4, -0.2) is 40.3 Å². The van der Waals surface area contributed by atoms with Crippen LogP contribution in [0.15, 0.2) is 47.6 Å². The molecule has 27 heavy (non-hydrogen) atoms. The van der Waals surface area contributed by atoms with E-state index in [9.17, 15) is 9.59 Å². The van der Waals surface area contributed by atoms with E-state index in [1.807, 2.05) is 0 Å². The van der Waals surface area contributed by atoms with Gasteiger partial charge in [0.05, 0.1) is 24.7 Å². The number of thiocarbonyl (C=S) groups is 1. The van der Waals surface area contributed by atoms with Gasteiger partial charge in [-0.1, -0.05) is 11.8 Å². The second-order valence-electron chi connectivity index (χ2n) is 5.31. The molecule has 0 aliphatic carbocycles. The predicted molar refractivity (Wildman–Crippen MR) is 106 cm³/mol. The van der Waals surface area contributed by atoms with Crippen LogP contribution in [0.3, 0.4) is 0 Å². The largest absolute Gasteiger partial charge is 0.497 e. The molecule has 1 aliphatic heterocycles. The highest BCUT2D eigenvalue weighted by atomic mass is 32.2. The van der Waals surface area contributed by atoms with Crippen molar-refractivity contribution in [1.29, 1.82) is 0 Å². The molecular formula is C18H15N3O4S2. The molecule has 2 amide bonds. The van der Waals surface area contributed by atoms with Crippen LogP contribution in [0.1, 0.15) is 15.9 Å². The van der Waals surface area contributed by atoms with Crippen molar-refractivity contribution in [2.75, 3.05) is 14.2 Å². The van der Waals surface area contributed by atoms with Gasteiger partial charge in [0.2, 0.25) is 0 Å². The number of aromatic nitrogens is 1. The van der Waals surface area contributed by atoms with E-state index in [1.54, 1.807) is 49.7 Å². The second kappa shape index (κ2) is 8.19. The highest BCUT2D eigenvalue weighted by Crippen LogP contribution is 2.34. The summed E-state index contributed by atoms with van der Waals surface area (Å²) in [6.07, 6.45) is 4.63. The minimum atomic E-state index is -0.470. The molecule has 2 heterocycles.